The summed E-state index contributed by atoms with van der Waals surface area (Å²) < 4.78 is 2.34. The summed E-state index contributed by atoms with van der Waals surface area (Å²) in [6, 6.07) is 11.8. The minimum atomic E-state index is 0.589. The zero-order valence-corrected chi connectivity index (χ0v) is 9.11. The van der Waals surface area contributed by atoms with Crippen LogP contribution in [0.25, 0.3) is 17.0 Å². The van der Waals surface area contributed by atoms with Gasteiger partial charge >= 0.3 is 0 Å². The maximum atomic E-state index is 5.25. The zero-order chi connectivity index (χ0) is 11.0. The molecule has 0 spiro atoms. The maximum Gasteiger partial charge on any atom is 0.252 e. The molecule has 0 unspecified atom stereocenters. The number of hydrogen-bond donors (Lipinski definition) is 1. The molecule has 3 rings (SSSR count). The average Bonchev–Trinajstić information content (AvgIpc) is 2.79. The molecule has 0 amide bonds. The summed E-state index contributed by atoms with van der Waals surface area (Å²) in [6.45, 7) is 0. The molecule has 16 heavy (non-hydrogen) atoms. The van der Waals surface area contributed by atoms with Gasteiger partial charge in [0.05, 0.1) is 5.69 Å². The second-order valence-corrected chi connectivity index (χ2v) is 3.79. The Labute approximate surface area is 96.6 Å². The van der Waals surface area contributed by atoms with E-state index in [-0.39, 0.29) is 0 Å². The molecule has 4 nitrogen and oxygen atoms in total. The highest BCUT2D eigenvalue weighted by atomic mass is 32.1. The van der Waals surface area contributed by atoms with E-state index in [1.54, 1.807) is 10.8 Å². The molecule has 1 aromatic carbocycles. The summed E-state index contributed by atoms with van der Waals surface area (Å²) in [5.74, 6) is 0.589. The van der Waals surface area contributed by atoms with Gasteiger partial charge in [-0.3, -0.25) is 5.10 Å². The molecule has 0 radical (unpaired) electrons. The standard InChI is InChI=1S/C11H8N4S/c16-10-6-9(8-4-2-1-3-5-8)14-11-12-7-13-15(10)11/h1-7H,(H,12,13,14). The zero-order valence-electron chi connectivity index (χ0n) is 8.29. The number of hydrogen-bond acceptors (Lipinski definition) is 3. The molecule has 1 N–H and O–H groups in total. The lowest BCUT2D eigenvalue weighted by atomic mass is 10.1. The third-order valence-corrected chi connectivity index (χ3v) is 2.64. The van der Waals surface area contributed by atoms with Crippen molar-refractivity contribution in [2.75, 3.05) is 0 Å². The van der Waals surface area contributed by atoms with Crippen molar-refractivity contribution in [1.82, 2.24) is 19.6 Å². The maximum absolute atomic E-state index is 5.25. The number of nitrogens with zero attached hydrogens (tertiary/aromatic N) is 3. The highest BCUT2D eigenvalue weighted by Gasteiger charge is 2.03. The van der Waals surface area contributed by atoms with Crippen LogP contribution in [0.15, 0.2) is 42.7 Å². The molecule has 0 aliphatic rings. The van der Waals surface area contributed by atoms with Gasteiger partial charge in [0.2, 0.25) is 0 Å². The molecule has 2 heterocycles. The van der Waals surface area contributed by atoms with Crippen molar-refractivity contribution in [3.63, 3.8) is 0 Å². The normalized spacial score (nSPS) is 10.8. The summed E-state index contributed by atoms with van der Waals surface area (Å²) in [6.07, 6.45) is 1.58. The molecule has 0 saturated carbocycles. The largest absolute Gasteiger partial charge is 0.280 e. The molecule has 5 heteroatoms. The molecule has 78 valence electrons. The molecule has 0 atom stereocenters. The molecule has 0 aliphatic carbocycles. The number of aromatic nitrogens is 4. The van der Waals surface area contributed by atoms with Crippen molar-refractivity contribution in [3.8, 4) is 11.3 Å². The molecular formula is C11H8N4S. The van der Waals surface area contributed by atoms with Crippen molar-refractivity contribution >= 4 is 18.0 Å². The number of aromatic amines is 1. The van der Waals surface area contributed by atoms with Crippen LogP contribution >= 0.6 is 12.2 Å². The van der Waals surface area contributed by atoms with Crippen LogP contribution in [0, 0.1) is 4.64 Å². The Hall–Kier alpha value is -2.01. The number of nitrogens with one attached hydrogen (secondary N) is 1. The lowest BCUT2D eigenvalue weighted by Gasteiger charge is -2.00. The topological polar surface area (TPSA) is 46.0 Å². The van der Waals surface area contributed by atoms with E-state index in [1.807, 2.05) is 36.4 Å². The van der Waals surface area contributed by atoms with Crippen LogP contribution in [-0.4, -0.2) is 19.6 Å². The van der Waals surface area contributed by atoms with Crippen molar-refractivity contribution < 1.29 is 0 Å². The molecule has 0 saturated heterocycles. The first-order valence-corrected chi connectivity index (χ1v) is 5.24. The predicted octanol–water partition coefficient (Wildman–Crippen LogP) is 2.45. The van der Waals surface area contributed by atoms with Crippen molar-refractivity contribution in [1.29, 1.82) is 0 Å². The van der Waals surface area contributed by atoms with Crippen LogP contribution in [-0.2, 0) is 0 Å². The SMILES string of the molecule is S=c1cc(-c2ccccc2)nc2nc[nH]n12. The van der Waals surface area contributed by atoms with Gasteiger partial charge in [-0.05, 0) is 0 Å². The third kappa shape index (κ3) is 1.42. The summed E-state index contributed by atoms with van der Waals surface area (Å²) in [5, 5.41) is 2.91. The van der Waals surface area contributed by atoms with E-state index in [1.165, 1.54) is 0 Å². The van der Waals surface area contributed by atoms with Crippen molar-refractivity contribution in [2.45, 2.75) is 0 Å². The smallest absolute Gasteiger partial charge is 0.252 e. The second-order valence-electron chi connectivity index (χ2n) is 3.37. The van der Waals surface area contributed by atoms with Crippen LogP contribution in [0.5, 0.6) is 0 Å². The van der Waals surface area contributed by atoms with Crippen molar-refractivity contribution in [3.05, 3.63) is 47.4 Å². The van der Waals surface area contributed by atoms with Crippen LogP contribution in [0.3, 0.4) is 0 Å². The molecular weight excluding hydrogens is 220 g/mol. The minimum absolute atomic E-state index is 0.589. The van der Waals surface area contributed by atoms with E-state index >= 15 is 0 Å². The van der Waals surface area contributed by atoms with Gasteiger partial charge in [-0.2, -0.15) is 0 Å². The van der Waals surface area contributed by atoms with Crippen LogP contribution in [0.1, 0.15) is 0 Å². The van der Waals surface area contributed by atoms with E-state index in [9.17, 15) is 0 Å². The molecule has 2 aromatic heterocycles. The molecule has 0 aliphatic heterocycles. The van der Waals surface area contributed by atoms with Gasteiger partial charge in [-0.25, -0.2) is 14.5 Å². The monoisotopic (exact) mass is 228 g/mol. The number of H-pyrrole nitrogens is 1. The number of benzene rings is 1. The summed E-state index contributed by atoms with van der Waals surface area (Å²) in [5.41, 5.74) is 1.89. The number of rotatable bonds is 1. The Bertz CT molecular complexity index is 684. The highest BCUT2D eigenvalue weighted by molar-refractivity contribution is 7.71. The Morgan fingerprint density at radius 2 is 2.00 bits per heavy atom. The fourth-order valence-electron chi connectivity index (χ4n) is 1.58. The van der Waals surface area contributed by atoms with Gasteiger partial charge < -0.3 is 0 Å². The lowest BCUT2D eigenvalue weighted by molar-refractivity contribution is 0.926. The van der Waals surface area contributed by atoms with E-state index < -0.39 is 0 Å². The van der Waals surface area contributed by atoms with Gasteiger partial charge in [0.25, 0.3) is 5.78 Å². The average molecular weight is 228 g/mol. The Kier molecular flexibility index (Phi) is 2.04. The van der Waals surface area contributed by atoms with Gasteiger partial charge in [0.1, 0.15) is 11.0 Å². The predicted molar refractivity (Wildman–Crippen MR) is 63.6 cm³/mol. The summed E-state index contributed by atoms with van der Waals surface area (Å²) in [4.78, 5) is 8.52. The van der Waals surface area contributed by atoms with E-state index in [0.717, 1.165) is 11.3 Å². The molecule has 0 fully saturated rings. The van der Waals surface area contributed by atoms with E-state index in [4.69, 9.17) is 12.2 Å². The summed E-state index contributed by atoms with van der Waals surface area (Å²) >= 11 is 5.25. The Morgan fingerprint density at radius 3 is 2.81 bits per heavy atom. The van der Waals surface area contributed by atoms with Gasteiger partial charge in [-0.1, -0.05) is 42.5 Å². The molecule has 0 bridgehead atoms. The van der Waals surface area contributed by atoms with Gasteiger partial charge in [-0.15, -0.1) is 0 Å². The Balaban J connectivity index is 2.30. The number of fused-ring (bicyclic) bond motifs is 1. The first-order valence-electron chi connectivity index (χ1n) is 4.83. The van der Waals surface area contributed by atoms with Crippen LogP contribution in [0.4, 0.5) is 0 Å². The quantitative estimate of drug-likeness (QED) is 0.651. The minimum Gasteiger partial charge on any atom is -0.280 e. The second kappa shape index (κ2) is 3.53. The fourth-order valence-corrected chi connectivity index (χ4v) is 1.83. The third-order valence-electron chi connectivity index (χ3n) is 2.34. The van der Waals surface area contributed by atoms with Crippen LogP contribution in [0.2, 0.25) is 0 Å². The van der Waals surface area contributed by atoms with Gasteiger partial charge in [0, 0.05) is 11.6 Å². The fraction of sp³-hybridized carbons (Fsp3) is 0. The van der Waals surface area contributed by atoms with Crippen LogP contribution < -0.4 is 0 Å². The van der Waals surface area contributed by atoms with E-state index in [2.05, 4.69) is 15.1 Å². The van der Waals surface area contributed by atoms with Crippen molar-refractivity contribution in [2.24, 2.45) is 0 Å². The Morgan fingerprint density at radius 1 is 1.19 bits per heavy atom. The summed E-state index contributed by atoms with van der Waals surface area (Å²) in [7, 11) is 0. The molecule has 3 aromatic rings. The highest BCUT2D eigenvalue weighted by Crippen LogP contribution is 2.16. The van der Waals surface area contributed by atoms with Gasteiger partial charge in [0.15, 0.2) is 0 Å². The first kappa shape index (κ1) is 9.23. The lowest BCUT2D eigenvalue weighted by Crippen LogP contribution is -1.94. The first-order chi connectivity index (χ1) is 7.84. The van der Waals surface area contributed by atoms with E-state index in [0.29, 0.717) is 10.4 Å².